The molecule has 4 nitrogen and oxygen atoms in total. The molecule has 112 valence electrons. The SMILES string of the molecule is CN(CC(O)COc1ccc(F)cc1)C1CCOCC1. The van der Waals surface area contributed by atoms with Gasteiger partial charge in [0.1, 0.15) is 24.3 Å². The van der Waals surface area contributed by atoms with E-state index in [4.69, 9.17) is 9.47 Å². The Morgan fingerprint density at radius 2 is 2.00 bits per heavy atom. The van der Waals surface area contributed by atoms with E-state index < -0.39 is 6.10 Å². The van der Waals surface area contributed by atoms with Gasteiger partial charge < -0.3 is 19.5 Å². The molecule has 1 heterocycles. The van der Waals surface area contributed by atoms with Crippen LogP contribution in [0.2, 0.25) is 0 Å². The van der Waals surface area contributed by atoms with Gasteiger partial charge >= 0.3 is 0 Å². The van der Waals surface area contributed by atoms with Crippen molar-refractivity contribution in [3.63, 3.8) is 0 Å². The minimum Gasteiger partial charge on any atom is -0.491 e. The molecule has 0 bridgehead atoms. The summed E-state index contributed by atoms with van der Waals surface area (Å²) in [6, 6.07) is 6.27. The predicted molar refractivity (Wildman–Crippen MR) is 74.4 cm³/mol. The van der Waals surface area contributed by atoms with Crippen molar-refractivity contribution in [2.45, 2.75) is 25.0 Å². The number of aliphatic hydroxyl groups excluding tert-OH is 1. The second-order valence-corrected chi connectivity index (χ2v) is 5.20. The third-order valence-electron chi connectivity index (χ3n) is 3.57. The van der Waals surface area contributed by atoms with Crippen molar-refractivity contribution in [1.82, 2.24) is 4.90 Å². The number of hydrogen-bond donors (Lipinski definition) is 1. The highest BCUT2D eigenvalue weighted by Crippen LogP contribution is 2.14. The number of ether oxygens (including phenoxy) is 2. The van der Waals surface area contributed by atoms with Crippen LogP contribution < -0.4 is 4.74 Å². The van der Waals surface area contributed by atoms with Crippen LogP contribution in [-0.2, 0) is 4.74 Å². The van der Waals surface area contributed by atoms with Gasteiger partial charge in [-0.05, 0) is 44.2 Å². The van der Waals surface area contributed by atoms with Crippen LogP contribution >= 0.6 is 0 Å². The molecule has 0 aromatic heterocycles. The van der Waals surface area contributed by atoms with E-state index in [0.29, 0.717) is 18.3 Å². The molecule has 0 amide bonds. The number of benzene rings is 1. The maximum absolute atomic E-state index is 12.7. The number of hydrogen-bond acceptors (Lipinski definition) is 4. The zero-order valence-electron chi connectivity index (χ0n) is 11.8. The first-order chi connectivity index (χ1) is 9.65. The van der Waals surface area contributed by atoms with Crippen molar-refractivity contribution in [3.05, 3.63) is 30.1 Å². The van der Waals surface area contributed by atoms with E-state index in [1.165, 1.54) is 12.1 Å². The monoisotopic (exact) mass is 283 g/mol. The Morgan fingerprint density at radius 1 is 1.35 bits per heavy atom. The minimum atomic E-state index is -0.562. The van der Waals surface area contributed by atoms with Crippen molar-refractivity contribution in [1.29, 1.82) is 0 Å². The Hall–Kier alpha value is -1.17. The molecular formula is C15H22FNO3. The van der Waals surface area contributed by atoms with Gasteiger partial charge in [0.05, 0.1) is 0 Å². The van der Waals surface area contributed by atoms with Gasteiger partial charge in [0.25, 0.3) is 0 Å². The molecule has 1 aliphatic rings. The summed E-state index contributed by atoms with van der Waals surface area (Å²) in [6.07, 6.45) is 1.44. The molecule has 1 aromatic rings. The summed E-state index contributed by atoms with van der Waals surface area (Å²) >= 11 is 0. The zero-order chi connectivity index (χ0) is 14.4. The molecule has 1 saturated heterocycles. The summed E-state index contributed by atoms with van der Waals surface area (Å²) in [4.78, 5) is 2.15. The van der Waals surface area contributed by atoms with Crippen molar-refractivity contribution in [2.24, 2.45) is 0 Å². The van der Waals surface area contributed by atoms with Gasteiger partial charge in [-0.3, -0.25) is 0 Å². The summed E-state index contributed by atoms with van der Waals surface area (Å²) in [5, 5.41) is 9.99. The molecule has 1 aliphatic heterocycles. The maximum atomic E-state index is 12.7. The quantitative estimate of drug-likeness (QED) is 0.862. The molecule has 0 saturated carbocycles. The Morgan fingerprint density at radius 3 is 2.65 bits per heavy atom. The molecular weight excluding hydrogens is 261 g/mol. The molecule has 0 radical (unpaired) electrons. The lowest BCUT2D eigenvalue weighted by Gasteiger charge is -2.32. The number of nitrogens with zero attached hydrogens (tertiary/aromatic N) is 1. The fourth-order valence-corrected chi connectivity index (χ4v) is 2.38. The summed E-state index contributed by atoms with van der Waals surface area (Å²) in [6.45, 7) is 2.35. The van der Waals surface area contributed by atoms with Gasteiger partial charge in [-0.15, -0.1) is 0 Å². The number of likely N-dealkylation sites (N-methyl/N-ethyl adjacent to an activating group) is 1. The third kappa shape index (κ3) is 4.74. The van der Waals surface area contributed by atoms with Crippen LogP contribution in [-0.4, -0.2) is 55.6 Å². The molecule has 1 N–H and O–H groups in total. The first kappa shape index (κ1) is 15.2. The van der Waals surface area contributed by atoms with E-state index in [1.807, 2.05) is 7.05 Å². The summed E-state index contributed by atoms with van der Waals surface area (Å²) in [7, 11) is 2.01. The average molecular weight is 283 g/mol. The second kappa shape index (κ2) is 7.57. The second-order valence-electron chi connectivity index (χ2n) is 5.20. The Kier molecular flexibility index (Phi) is 5.76. The summed E-state index contributed by atoms with van der Waals surface area (Å²) in [5.41, 5.74) is 0. The molecule has 20 heavy (non-hydrogen) atoms. The normalized spacial score (nSPS) is 18.2. The van der Waals surface area contributed by atoms with Crippen molar-refractivity contribution in [2.75, 3.05) is 33.4 Å². The van der Waals surface area contributed by atoms with Crippen LogP contribution in [0.1, 0.15) is 12.8 Å². The molecule has 1 aromatic carbocycles. The maximum Gasteiger partial charge on any atom is 0.123 e. The van der Waals surface area contributed by atoms with E-state index in [2.05, 4.69) is 4.90 Å². The fourth-order valence-electron chi connectivity index (χ4n) is 2.38. The van der Waals surface area contributed by atoms with E-state index >= 15 is 0 Å². The number of rotatable bonds is 6. The molecule has 5 heteroatoms. The Balaban J connectivity index is 1.71. The predicted octanol–water partition coefficient (Wildman–Crippen LogP) is 1.68. The van der Waals surface area contributed by atoms with Crippen molar-refractivity contribution >= 4 is 0 Å². The van der Waals surface area contributed by atoms with E-state index in [0.717, 1.165) is 26.1 Å². The van der Waals surface area contributed by atoms with E-state index in [9.17, 15) is 9.50 Å². The largest absolute Gasteiger partial charge is 0.491 e. The zero-order valence-corrected chi connectivity index (χ0v) is 11.8. The lowest BCUT2D eigenvalue weighted by atomic mass is 10.1. The fraction of sp³-hybridized carbons (Fsp3) is 0.600. The molecule has 1 fully saturated rings. The lowest BCUT2D eigenvalue weighted by Crippen LogP contribution is -2.42. The van der Waals surface area contributed by atoms with Crippen LogP contribution in [0.5, 0.6) is 5.75 Å². The van der Waals surface area contributed by atoms with Gasteiger partial charge in [-0.1, -0.05) is 0 Å². The van der Waals surface area contributed by atoms with Crippen LogP contribution in [0.15, 0.2) is 24.3 Å². The molecule has 0 aliphatic carbocycles. The van der Waals surface area contributed by atoms with E-state index in [-0.39, 0.29) is 12.4 Å². The molecule has 1 unspecified atom stereocenters. The smallest absolute Gasteiger partial charge is 0.123 e. The van der Waals surface area contributed by atoms with Crippen molar-refractivity contribution in [3.8, 4) is 5.75 Å². The third-order valence-corrected chi connectivity index (χ3v) is 3.57. The minimum absolute atomic E-state index is 0.208. The summed E-state index contributed by atoms with van der Waals surface area (Å²) < 4.78 is 23.5. The van der Waals surface area contributed by atoms with Crippen LogP contribution in [0.4, 0.5) is 4.39 Å². The highest BCUT2D eigenvalue weighted by atomic mass is 19.1. The first-order valence-corrected chi connectivity index (χ1v) is 6.99. The Labute approximate surface area is 119 Å². The van der Waals surface area contributed by atoms with Gasteiger partial charge in [-0.2, -0.15) is 0 Å². The van der Waals surface area contributed by atoms with Crippen molar-refractivity contribution < 1.29 is 19.0 Å². The van der Waals surface area contributed by atoms with Gasteiger partial charge in [-0.25, -0.2) is 4.39 Å². The van der Waals surface area contributed by atoms with Crippen LogP contribution in [0.25, 0.3) is 0 Å². The summed E-state index contributed by atoms with van der Waals surface area (Å²) in [5.74, 6) is 0.274. The molecule has 2 rings (SSSR count). The average Bonchev–Trinajstić information content (AvgIpc) is 2.47. The van der Waals surface area contributed by atoms with Gasteiger partial charge in [0.15, 0.2) is 0 Å². The standard InChI is InChI=1S/C15H22FNO3/c1-17(13-6-8-19-9-7-13)10-14(18)11-20-15-4-2-12(16)3-5-15/h2-5,13-14,18H,6-11H2,1H3. The number of halogens is 1. The molecule has 1 atom stereocenters. The highest BCUT2D eigenvalue weighted by Gasteiger charge is 2.20. The van der Waals surface area contributed by atoms with Gasteiger partial charge in [0, 0.05) is 25.8 Å². The first-order valence-electron chi connectivity index (χ1n) is 6.99. The topological polar surface area (TPSA) is 41.9 Å². The molecule has 0 spiro atoms. The number of aliphatic hydroxyl groups is 1. The van der Waals surface area contributed by atoms with Crippen LogP contribution in [0.3, 0.4) is 0 Å². The van der Waals surface area contributed by atoms with E-state index in [1.54, 1.807) is 12.1 Å². The van der Waals surface area contributed by atoms with Gasteiger partial charge in [0.2, 0.25) is 0 Å². The van der Waals surface area contributed by atoms with Crippen LogP contribution in [0, 0.1) is 5.82 Å². The highest BCUT2D eigenvalue weighted by molar-refractivity contribution is 5.22. The Bertz CT molecular complexity index is 393. The lowest BCUT2D eigenvalue weighted by molar-refractivity contribution is 0.0159.